The number of nitrogens with one attached hydrogen (secondary N) is 1. The van der Waals surface area contributed by atoms with E-state index in [0.717, 1.165) is 6.54 Å². The minimum Gasteiger partial charge on any atom is -0.516 e. The van der Waals surface area contributed by atoms with Crippen LogP contribution in [0.5, 0.6) is 0 Å². The van der Waals surface area contributed by atoms with Gasteiger partial charge in [-0.05, 0) is 40.9 Å². The van der Waals surface area contributed by atoms with Gasteiger partial charge in [0.1, 0.15) is 8.24 Å². The molecule has 1 rings (SSSR count). The summed E-state index contributed by atoms with van der Waals surface area (Å²) >= 11 is 0. The van der Waals surface area contributed by atoms with Crippen LogP contribution < -0.4 is 4.98 Å². The van der Waals surface area contributed by atoms with Crippen molar-refractivity contribution < 1.29 is 9.22 Å². The van der Waals surface area contributed by atoms with Crippen LogP contribution in [0, 0.1) is 0 Å². The summed E-state index contributed by atoms with van der Waals surface area (Å²) in [6.07, 6.45) is 0. The smallest absolute Gasteiger partial charge is 0.324 e. The van der Waals surface area contributed by atoms with Crippen molar-refractivity contribution in [1.29, 1.82) is 0 Å². The lowest BCUT2D eigenvalue weighted by atomic mass is 10.1. The fraction of sp³-hybridized carbons (Fsp3) is 0.650. The molecule has 3 nitrogen and oxygen atoms in total. The third-order valence-corrected chi connectivity index (χ3v) is 15.1. The Hall–Kier alpha value is -0.916. The second-order valence-corrected chi connectivity index (χ2v) is 19.9. The second-order valence-electron chi connectivity index (χ2n) is 10.1. The first-order valence-electron chi connectivity index (χ1n) is 9.14. The van der Waals surface area contributed by atoms with E-state index >= 15 is 0 Å². The maximum absolute atomic E-state index is 12.5. The van der Waals surface area contributed by atoms with E-state index in [2.05, 4.69) is 72.7 Å². The van der Waals surface area contributed by atoms with Gasteiger partial charge in [0.15, 0.2) is 0 Å². The van der Waals surface area contributed by atoms with Crippen LogP contribution in [0.1, 0.15) is 57.5 Å². The molecule has 1 aromatic carbocycles. The van der Waals surface area contributed by atoms with E-state index in [1.165, 1.54) is 5.56 Å². The highest BCUT2D eigenvalue weighted by Crippen LogP contribution is 2.37. The van der Waals surface area contributed by atoms with Crippen LogP contribution in [-0.4, -0.2) is 22.5 Å². The van der Waals surface area contributed by atoms with Crippen molar-refractivity contribution in [2.24, 2.45) is 0 Å². The van der Waals surface area contributed by atoms with Crippen LogP contribution in [0.3, 0.4) is 0 Å². The number of hydrogen-bond acceptors (Lipinski definition) is 3. The third-order valence-electron chi connectivity index (χ3n) is 5.95. The van der Waals surface area contributed by atoms with Gasteiger partial charge in [-0.15, -0.1) is 0 Å². The average Bonchev–Trinajstić information content (AvgIpc) is 2.42. The van der Waals surface area contributed by atoms with Crippen molar-refractivity contribution in [3.63, 3.8) is 0 Å². The summed E-state index contributed by atoms with van der Waals surface area (Å²) in [6.45, 7) is 23.1. The number of benzene rings is 1. The largest absolute Gasteiger partial charge is 0.516 e. The minimum atomic E-state index is -2.08. The van der Waals surface area contributed by atoms with E-state index in [1.54, 1.807) is 0 Å². The molecule has 0 atom stereocenters. The molecule has 0 radical (unpaired) electrons. The quantitative estimate of drug-likeness (QED) is 0.643. The number of carbonyl (C=O) groups is 1. The first kappa shape index (κ1) is 22.1. The molecule has 0 aromatic heterocycles. The van der Waals surface area contributed by atoms with E-state index in [-0.39, 0.29) is 11.0 Å². The molecule has 0 saturated carbocycles. The lowest BCUT2D eigenvalue weighted by molar-refractivity contribution is 0.0712. The summed E-state index contributed by atoms with van der Waals surface area (Å²) in [5, 5.41) is 0.329. The molecule has 0 bridgehead atoms. The predicted molar refractivity (Wildman–Crippen MR) is 113 cm³/mol. The Morgan fingerprint density at radius 2 is 1.40 bits per heavy atom. The van der Waals surface area contributed by atoms with Crippen LogP contribution >= 0.6 is 0 Å². The van der Waals surface area contributed by atoms with Crippen LogP contribution in [0.2, 0.25) is 36.3 Å². The van der Waals surface area contributed by atoms with Gasteiger partial charge in [0.2, 0.25) is 0 Å². The molecular formula is C20H37NO2Si2. The highest BCUT2D eigenvalue weighted by atomic mass is 28.4. The lowest BCUT2D eigenvalue weighted by Crippen LogP contribution is -2.51. The van der Waals surface area contributed by atoms with E-state index in [0.29, 0.717) is 10.6 Å². The maximum atomic E-state index is 12.5. The van der Waals surface area contributed by atoms with E-state index in [9.17, 15) is 4.79 Å². The third kappa shape index (κ3) is 5.79. The Balaban J connectivity index is 2.76. The van der Waals surface area contributed by atoms with E-state index < -0.39 is 16.6 Å². The standard InChI is InChI=1S/C20H37NO2Si2/c1-19(2,3)24(7,8)21-15-16-11-13-17(14-12-16)18(22)23-25(9,10)20(4,5)6/h11-14,21H,15H2,1-10H3. The van der Waals surface area contributed by atoms with Crippen LogP contribution in [0.15, 0.2) is 24.3 Å². The Morgan fingerprint density at radius 1 is 0.920 bits per heavy atom. The van der Waals surface area contributed by atoms with Gasteiger partial charge in [0.05, 0.1) is 5.56 Å². The molecule has 5 heteroatoms. The van der Waals surface area contributed by atoms with Crippen molar-refractivity contribution in [3.8, 4) is 0 Å². The van der Waals surface area contributed by atoms with Gasteiger partial charge in [0, 0.05) is 6.54 Å². The predicted octanol–water partition coefficient (Wildman–Crippen LogP) is 5.94. The average molecular weight is 380 g/mol. The highest BCUT2D eigenvalue weighted by Gasteiger charge is 2.40. The van der Waals surface area contributed by atoms with Gasteiger partial charge in [-0.25, -0.2) is 4.79 Å². The fourth-order valence-corrected chi connectivity index (χ4v) is 3.85. The molecule has 25 heavy (non-hydrogen) atoms. The molecule has 0 aliphatic heterocycles. The molecule has 0 fully saturated rings. The van der Waals surface area contributed by atoms with Crippen LogP contribution in [0.25, 0.3) is 0 Å². The molecule has 0 unspecified atom stereocenters. The van der Waals surface area contributed by atoms with Gasteiger partial charge in [-0.1, -0.05) is 66.8 Å². The number of hydrogen-bond donors (Lipinski definition) is 1. The van der Waals surface area contributed by atoms with Gasteiger partial charge < -0.3 is 9.41 Å². The fourth-order valence-electron chi connectivity index (χ4n) is 1.79. The summed E-state index contributed by atoms with van der Waals surface area (Å²) in [5.74, 6) is -0.199. The molecule has 142 valence electrons. The number of rotatable bonds is 5. The Labute approximate surface area is 156 Å². The highest BCUT2D eigenvalue weighted by molar-refractivity contribution is 6.77. The zero-order chi connectivity index (χ0) is 19.7. The van der Waals surface area contributed by atoms with Gasteiger partial charge in [-0.3, -0.25) is 0 Å². The van der Waals surface area contributed by atoms with Gasteiger partial charge in [0.25, 0.3) is 8.32 Å². The zero-order valence-electron chi connectivity index (χ0n) is 17.8. The molecule has 1 aromatic rings. The van der Waals surface area contributed by atoms with Crippen LogP contribution in [0.4, 0.5) is 0 Å². The van der Waals surface area contributed by atoms with E-state index in [4.69, 9.17) is 4.43 Å². The summed E-state index contributed by atoms with van der Waals surface area (Å²) in [6, 6.07) is 7.83. The SMILES string of the molecule is CC(C)(C)[Si](C)(C)NCc1ccc(C(=O)O[Si](C)(C)C(C)(C)C)cc1. The number of carbonyl (C=O) groups excluding carboxylic acids is 1. The van der Waals surface area contributed by atoms with Crippen molar-refractivity contribution in [2.75, 3.05) is 0 Å². The van der Waals surface area contributed by atoms with Gasteiger partial charge >= 0.3 is 5.97 Å². The second kappa shape index (κ2) is 7.37. The zero-order valence-corrected chi connectivity index (χ0v) is 19.8. The molecule has 1 N–H and O–H groups in total. The first-order chi connectivity index (χ1) is 11.1. The van der Waals surface area contributed by atoms with Crippen molar-refractivity contribution >= 4 is 22.5 Å². The summed E-state index contributed by atoms with van der Waals surface area (Å²) < 4.78 is 5.88. The monoisotopic (exact) mass is 379 g/mol. The molecular weight excluding hydrogens is 342 g/mol. The molecule has 0 saturated heterocycles. The minimum absolute atomic E-state index is 0.0235. The van der Waals surface area contributed by atoms with Gasteiger partial charge in [-0.2, -0.15) is 0 Å². The van der Waals surface area contributed by atoms with Crippen molar-refractivity contribution in [3.05, 3.63) is 35.4 Å². The normalized spacial score (nSPS) is 13.7. The molecule has 0 amide bonds. The summed E-state index contributed by atoms with van der Waals surface area (Å²) in [4.78, 5) is 16.2. The van der Waals surface area contributed by atoms with Crippen molar-refractivity contribution in [2.45, 2.75) is 84.4 Å². The first-order valence-corrected chi connectivity index (χ1v) is 15.0. The van der Waals surface area contributed by atoms with Crippen LogP contribution in [-0.2, 0) is 11.0 Å². The maximum Gasteiger partial charge on any atom is 0.324 e. The van der Waals surface area contributed by atoms with E-state index in [1.807, 2.05) is 24.3 Å². The summed E-state index contributed by atoms with van der Waals surface area (Å²) in [7, 11) is -3.59. The van der Waals surface area contributed by atoms with Crippen molar-refractivity contribution in [1.82, 2.24) is 4.98 Å². The Morgan fingerprint density at radius 3 is 1.80 bits per heavy atom. The molecule has 0 aliphatic carbocycles. The summed E-state index contributed by atoms with van der Waals surface area (Å²) in [5.41, 5.74) is 1.84. The lowest BCUT2D eigenvalue weighted by Gasteiger charge is -2.37. The topological polar surface area (TPSA) is 38.3 Å². The molecule has 0 spiro atoms. The Kier molecular flexibility index (Phi) is 6.52. The Bertz CT molecular complexity index is 594. The molecule has 0 aliphatic rings. The molecule has 0 heterocycles.